The van der Waals surface area contributed by atoms with Crippen molar-refractivity contribution in [2.24, 2.45) is 5.41 Å². The highest BCUT2D eigenvalue weighted by Crippen LogP contribution is 2.28. The van der Waals surface area contributed by atoms with Gasteiger partial charge in [-0.2, -0.15) is 0 Å². The van der Waals surface area contributed by atoms with Crippen LogP contribution in [0.15, 0.2) is 17.5 Å². The zero-order valence-electron chi connectivity index (χ0n) is 13.8. The monoisotopic (exact) mass is 336 g/mol. The second kappa shape index (κ2) is 6.51. The van der Waals surface area contributed by atoms with E-state index in [0.717, 1.165) is 37.4 Å². The van der Waals surface area contributed by atoms with Crippen molar-refractivity contribution in [1.29, 1.82) is 0 Å². The van der Waals surface area contributed by atoms with E-state index in [9.17, 15) is 9.59 Å². The first-order chi connectivity index (χ1) is 10.9. The van der Waals surface area contributed by atoms with Crippen molar-refractivity contribution in [3.05, 3.63) is 22.4 Å². The van der Waals surface area contributed by atoms with Crippen LogP contribution in [-0.4, -0.2) is 54.1 Å². The molecule has 0 radical (unpaired) electrons. The molecular formula is C17H24N2O3S. The predicted molar refractivity (Wildman–Crippen MR) is 89.5 cm³/mol. The van der Waals surface area contributed by atoms with Crippen LogP contribution in [0.2, 0.25) is 0 Å². The van der Waals surface area contributed by atoms with Crippen LogP contribution in [0.25, 0.3) is 0 Å². The maximum Gasteiger partial charge on any atom is 0.410 e. The molecule has 2 fully saturated rings. The van der Waals surface area contributed by atoms with Gasteiger partial charge in [0.25, 0.3) is 0 Å². The van der Waals surface area contributed by atoms with Gasteiger partial charge in [0.1, 0.15) is 0 Å². The number of likely N-dealkylation sites (tertiary alicyclic amines) is 1. The van der Waals surface area contributed by atoms with Crippen LogP contribution in [0.3, 0.4) is 0 Å². The molecular weight excluding hydrogens is 312 g/mol. The van der Waals surface area contributed by atoms with Crippen molar-refractivity contribution in [3.63, 3.8) is 0 Å². The maximum atomic E-state index is 12.3. The molecule has 1 aromatic heterocycles. The fourth-order valence-electron chi connectivity index (χ4n) is 3.29. The summed E-state index contributed by atoms with van der Waals surface area (Å²) < 4.78 is 5.31. The van der Waals surface area contributed by atoms with E-state index in [1.54, 1.807) is 11.3 Å². The molecule has 0 N–H and O–H groups in total. The molecule has 126 valence electrons. The van der Waals surface area contributed by atoms with Crippen LogP contribution in [0.5, 0.6) is 0 Å². The lowest BCUT2D eigenvalue weighted by Crippen LogP contribution is -2.55. The number of carbonyl (C=O) groups excluding carboxylic acids is 2. The summed E-state index contributed by atoms with van der Waals surface area (Å²) in [5, 5.41) is 2.00. The molecule has 0 saturated carbocycles. The molecule has 2 saturated heterocycles. The van der Waals surface area contributed by atoms with E-state index >= 15 is 0 Å². The summed E-state index contributed by atoms with van der Waals surface area (Å²) in [6, 6.07) is 4.16. The quantitative estimate of drug-likeness (QED) is 0.853. The molecule has 0 aliphatic carbocycles. The molecule has 6 heteroatoms. The standard InChI is InChI=1S/C17H24N2O3S/c1-17(2)11-19(16(21)22-12-17)13-5-7-18(8-6-13)15(20)10-14-4-3-9-23-14/h3-4,9,13H,5-8,10-12H2,1-2H3. The Bertz CT molecular complexity index is 562. The molecule has 0 atom stereocenters. The van der Waals surface area contributed by atoms with Crippen LogP contribution >= 0.6 is 11.3 Å². The molecule has 0 aromatic carbocycles. The van der Waals surface area contributed by atoms with Crippen LogP contribution in [0, 0.1) is 5.41 Å². The van der Waals surface area contributed by atoms with Crippen molar-refractivity contribution in [1.82, 2.24) is 9.80 Å². The van der Waals surface area contributed by atoms with E-state index in [4.69, 9.17) is 4.74 Å². The Morgan fingerprint density at radius 1 is 1.39 bits per heavy atom. The molecule has 0 bridgehead atoms. The van der Waals surface area contributed by atoms with Crippen molar-refractivity contribution in [2.75, 3.05) is 26.2 Å². The second-order valence-corrected chi connectivity index (χ2v) is 8.25. The van der Waals surface area contributed by atoms with Gasteiger partial charge in [0.15, 0.2) is 0 Å². The lowest BCUT2D eigenvalue weighted by atomic mass is 9.91. The average Bonchev–Trinajstić information content (AvgIpc) is 3.03. The smallest absolute Gasteiger partial charge is 0.410 e. The van der Waals surface area contributed by atoms with Gasteiger partial charge in [-0.25, -0.2) is 4.79 Å². The lowest BCUT2D eigenvalue weighted by molar-refractivity contribution is -0.132. The zero-order valence-corrected chi connectivity index (χ0v) is 14.6. The van der Waals surface area contributed by atoms with Crippen molar-refractivity contribution in [2.45, 2.75) is 39.2 Å². The summed E-state index contributed by atoms with van der Waals surface area (Å²) in [7, 11) is 0. The van der Waals surface area contributed by atoms with Gasteiger partial charge in [-0.1, -0.05) is 19.9 Å². The Morgan fingerprint density at radius 3 is 2.78 bits per heavy atom. The third-order valence-electron chi connectivity index (χ3n) is 4.58. The number of ether oxygens (including phenoxy) is 1. The fourth-order valence-corrected chi connectivity index (χ4v) is 3.99. The van der Waals surface area contributed by atoms with E-state index < -0.39 is 0 Å². The largest absolute Gasteiger partial charge is 0.449 e. The summed E-state index contributed by atoms with van der Waals surface area (Å²) in [6.45, 7) is 6.90. The number of hydrogen-bond donors (Lipinski definition) is 0. The third kappa shape index (κ3) is 3.86. The molecule has 5 nitrogen and oxygen atoms in total. The Hall–Kier alpha value is -1.56. The van der Waals surface area contributed by atoms with E-state index in [1.807, 2.05) is 27.3 Å². The van der Waals surface area contributed by atoms with Crippen LogP contribution < -0.4 is 0 Å². The molecule has 0 unspecified atom stereocenters. The number of carbonyl (C=O) groups is 2. The number of hydrogen-bond acceptors (Lipinski definition) is 4. The molecule has 23 heavy (non-hydrogen) atoms. The lowest BCUT2D eigenvalue weighted by Gasteiger charge is -2.44. The highest BCUT2D eigenvalue weighted by Gasteiger charge is 2.38. The van der Waals surface area contributed by atoms with Gasteiger partial charge < -0.3 is 14.5 Å². The van der Waals surface area contributed by atoms with Gasteiger partial charge in [0, 0.05) is 36.0 Å². The fraction of sp³-hybridized carbons (Fsp3) is 0.647. The first-order valence-electron chi connectivity index (χ1n) is 8.18. The van der Waals surface area contributed by atoms with Gasteiger partial charge in [-0.3, -0.25) is 4.79 Å². The molecule has 2 aliphatic heterocycles. The van der Waals surface area contributed by atoms with E-state index in [-0.39, 0.29) is 23.5 Å². The highest BCUT2D eigenvalue weighted by atomic mass is 32.1. The van der Waals surface area contributed by atoms with Gasteiger partial charge in [-0.05, 0) is 24.3 Å². The minimum absolute atomic E-state index is 0.0000345. The molecule has 1 aromatic rings. The van der Waals surface area contributed by atoms with Crippen LogP contribution in [0.1, 0.15) is 31.6 Å². The van der Waals surface area contributed by atoms with Gasteiger partial charge in [0.05, 0.1) is 13.0 Å². The maximum absolute atomic E-state index is 12.3. The number of nitrogens with zero attached hydrogens (tertiary/aromatic N) is 2. The normalized spacial score (nSPS) is 22.1. The summed E-state index contributed by atoms with van der Waals surface area (Å²) in [4.78, 5) is 29.3. The molecule has 0 spiro atoms. The summed E-state index contributed by atoms with van der Waals surface area (Å²) in [5.74, 6) is 0.187. The predicted octanol–water partition coefficient (Wildman–Crippen LogP) is 2.76. The highest BCUT2D eigenvalue weighted by molar-refractivity contribution is 7.10. The van der Waals surface area contributed by atoms with Crippen molar-refractivity contribution >= 4 is 23.3 Å². The first kappa shape index (κ1) is 16.3. The van der Waals surface area contributed by atoms with Crippen molar-refractivity contribution < 1.29 is 14.3 Å². The van der Waals surface area contributed by atoms with Crippen molar-refractivity contribution in [3.8, 4) is 0 Å². The number of cyclic esters (lactones) is 1. The van der Waals surface area contributed by atoms with Crippen LogP contribution in [0.4, 0.5) is 4.79 Å². The Labute approximate surface area is 141 Å². The number of rotatable bonds is 3. The van der Waals surface area contributed by atoms with E-state index in [0.29, 0.717) is 13.0 Å². The summed E-state index contributed by atoms with van der Waals surface area (Å²) in [6.07, 6.45) is 1.96. The van der Waals surface area contributed by atoms with Gasteiger partial charge >= 0.3 is 6.09 Å². The number of amides is 2. The Morgan fingerprint density at radius 2 is 2.13 bits per heavy atom. The topological polar surface area (TPSA) is 49.9 Å². The molecule has 3 rings (SSSR count). The SMILES string of the molecule is CC1(C)COC(=O)N(C2CCN(C(=O)Cc3cccs3)CC2)C1. The van der Waals surface area contributed by atoms with E-state index in [1.165, 1.54) is 0 Å². The van der Waals surface area contributed by atoms with Gasteiger partial charge in [0.2, 0.25) is 5.91 Å². The zero-order chi connectivity index (χ0) is 16.4. The first-order valence-corrected chi connectivity index (χ1v) is 9.06. The number of piperidine rings is 1. The summed E-state index contributed by atoms with van der Waals surface area (Å²) >= 11 is 1.62. The third-order valence-corrected chi connectivity index (χ3v) is 5.46. The molecule has 2 amide bonds. The number of thiophene rings is 1. The van der Waals surface area contributed by atoms with E-state index in [2.05, 4.69) is 13.8 Å². The Kier molecular flexibility index (Phi) is 4.62. The average molecular weight is 336 g/mol. The minimum atomic E-state index is -0.201. The van der Waals surface area contributed by atoms with Gasteiger partial charge in [-0.15, -0.1) is 11.3 Å². The van der Waals surface area contributed by atoms with Crippen LogP contribution in [-0.2, 0) is 16.0 Å². The Balaban J connectivity index is 1.53. The summed E-state index contributed by atoms with van der Waals surface area (Å²) in [5.41, 5.74) is 0.0000345. The minimum Gasteiger partial charge on any atom is -0.449 e. The molecule has 3 heterocycles. The second-order valence-electron chi connectivity index (χ2n) is 7.21. The molecule has 2 aliphatic rings.